The third-order valence-electron chi connectivity index (χ3n) is 7.80. The molecule has 5 heterocycles. The molecule has 0 amide bonds. The number of hydrogen-bond donors (Lipinski definition) is 1. The summed E-state index contributed by atoms with van der Waals surface area (Å²) in [5, 5.41) is 9.19. The second kappa shape index (κ2) is 18.1. The number of benzene rings is 2. The van der Waals surface area contributed by atoms with E-state index < -0.39 is 0 Å². The molecule has 0 bridgehead atoms. The van der Waals surface area contributed by atoms with E-state index in [9.17, 15) is 5.26 Å². The van der Waals surface area contributed by atoms with Gasteiger partial charge in [0.15, 0.2) is 11.5 Å². The van der Waals surface area contributed by atoms with Gasteiger partial charge < -0.3 is 10.6 Å². The van der Waals surface area contributed by atoms with Crippen LogP contribution < -0.4 is 10.6 Å². The first-order valence-corrected chi connectivity index (χ1v) is 17.3. The Labute approximate surface area is 290 Å². The van der Waals surface area contributed by atoms with E-state index in [1.54, 1.807) is 12.3 Å². The van der Waals surface area contributed by atoms with E-state index in [0.717, 1.165) is 72.2 Å². The number of nitrogens with two attached hydrogens (primary N) is 1. The Morgan fingerprint density at radius 2 is 1.43 bits per heavy atom. The molecular formula is C40H47N9. The molecule has 49 heavy (non-hydrogen) atoms. The number of aromatic nitrogens is 5. The van der Waals surface area contributed by atoms with E-state index in [1.807, 2.05) is 96.1 Å². The minimum absolute atomic E-state index is 0.424. The zero-order valence-electron chi connectivity index (χ0n) is 29.5. The van der Waals surface area contributed by atoms with Gasteiger partial charge in [-0.15, -0.1) is 0 Å². The number of nitrogens with zero attached hydrogens (tertiary/aromatic N) is 8. The monoisotopic (exact) mass is 653 g/mol. The average Bonchev–Trinajstić information content (AvgIpc) is 3.57. The molecule has 1 fully saturated rings. The van der Waals surface area contributed by atoms with Crippen molar-refractivity contribution in [3.63, 3.8) is 0 Å². The van der Waals surface area contributed by atoms with Crippen LogP contribution in [0, 0.1) is 11.3 Å². The lowest BCUT2D eigenvalue weighted by Gasteiger charge is -2.35. The third-order valence-corrected chi connectivity index (χ3v) is 7.80. The minimum atomic E-state index is 0.424. The second-order valence-electron chi connectivity index (χ2n) is 10.5. The first-order valence-electron chi connectivity index (χ1n) is 17.3. The van der Waals surface area contributed by atoms with E-state index in [-0.39, 0.29) is 0 Å². The minimum Gasteiger partial charge on any atom is -0.383 e. The van der Waals surface area contributed by atoms with E-state index in [1.165, 1.54) is 5.56 Å². The summed E-state index contributed by atoms with van der Waals surface area (Å²) in [5.74, 6) is 1.99. The topological polar surface area (TPSA) is 113 Å². The van der Waals surface area contributed by atoms with Gasteiger partial charge in [0.25, 0.3) is 0 Å². The molecule has 1 aliphatic heterocycles. The summed E-state index contributed by atoms with van der Waals surface area (Å²) in [6.07, 6.45) is 1.69. The summed E-state index contributed by atoms with van der Waals surface area (Å²) in [5.41, 5.74) is 13.2. The van der Waals surface area contributed by atoms with Crippen LogP contribution in [0.1, 0.15) is 52.8 Å². The normalized spacial score (nSPS) is 12.4. The van der Waals surface area contributed by atoms with Crippen LogP contribution in [0.15, 0.2) is 103 Å². The Balaban J connectivity index is 0.000000856. The Bertz CT molecular complexity index is 1940. The van der Waals surface area contributed by atoms with Gasteiger partial charge in [-0.1, -0.05) is 90.1 Å². The molecule has 9 heteroatoms. The van der Waals surface area contributed by atoms with Gasteiger partial charge in [-0.2, -0.15) is 5.26 Å². The Morgan fingerprint density at radius 1 is 0.714 bits per heavy atom. The molecule has 0 aliphatic carbocycles. The second-order valence-corrected chi connectivity index (χ2v) is 10.5. The van der Waals surface area contributed by atoms with Crippen LogP contribution in [0.4, 0.5) is 11.6 Å². The van der Waals surface area contributed by atoms with Gasteiger partial charge in [0.2, 0.25) is 0 Å². The maximum atomic E-state index is 9.19. The molecule has 6 aromatic rings. The predicted molar refractivity (Wildman–Crippen MR) is 202 cm³/mol. The molecule has 0 saturated carbocycles. The zero-order chi connectivity index (χ0) is 35.2. The fourth-order valence-corrected chi connectivity index (χ4v) is 5.56. The van der Waals surface area contributed by atoms with E-state index >= 15 is 0 Å². The molecule has 0 radical (unpaired) electrons. The fraction of sp³-hybridized carbons (Fsp3) is 0.275. The maximum absolute atomic E-state index is 9.19. The Hall–Kier alpha value is -5.59. The average molecular weight is 654 g/mol. The van der Waals surface area contributed by atoms with Crippen LogP contribution in [-0.2, 0) is 6.54 Å². The maximum Gasteiger partial charge on any atom is 0.165 e. The Morgan fingerprint density at radius 3 is 2.10 bits per heavy atom. The highest BCUT2D eigenvalue weighted by Gasteiger charge is 2.20. The number of piperazine rings is 1. The SMILES string of the molecule is CC.CC.CC.N#Cc1cccc(N2CCN(Cc3ccc(-n4c(-c5cccnc5N)nc5ccc(-c6ccccc6)nc54)cc3)CC2)n1. The standard InChI is InChI=1S/C34H29N9.3C2H6/c35-22-26-8-4-10-31(38-26)42-20-18-41(19-21-42)23-24-11-13-27(14-12-24)43-33(28-9-5-17-37-32(28)36)40-30-16-15-29(39-34(30)43)25-6-2-1-3-7-25;3*1-2/h1-17H,18-21,23H2,(H2,36,37);3*1-2H3. The van der Waals surface area contributed by atoms with Crippen molar-refractivity contribution >= 4 is 22.8 Å². The lowest BCUT2D eigenvalue weighted by atomic mass is 10.1. The van der Waals surface area contributed by atoms with Gasteiger partial charge in [-0.3, -0.25) is 9.47 Å². The smallest absolute Gasteiger partial charge is 0.165 e. The summed E-state index contributed by atoms with van der Waals surface area (Å²) in [6, 6.07) is 34.3. The molecule has 0 unspecified atom stereocenters. The summed E-state index contributed by atoms with van der Waals surface area (Å²) in [6.45, 7) is 16.4. The van der Waals surface area contributed by atoms with Crippen LogP contribution in [0.3, 0.4) is 0 Å². The predicted octanol–water partition coefficient (Wildman–Crippen LogP) is 8.40. The van der Waals surface area contributed by atoms with Gasteiger partial charge in [0.05, 0.1) is 11.3 Å². The number of fused-ring (bicyclic) bond motifs is 1. The van der Waals surface area contributed by atoms with Crippen molar-refractivity contribution in [1.82, 2.24) is 29.4 Å². The number of anilines is 2. The van der Waals surface area contributed by atoms with Crippen LogP contribution in [-0.4, -0.2) is 55.6 Å². The first-order chi connectivity index (χ1) is 24.2. The van der Waals surface area contributed by atoms with Crippen LogP contribution >= 0.6 is 0 Å². The fourth-order valence-electron chi connectivity index (χ4n) is 5.56. The molecule has 0 atom stereocenters. The number of hydrogen-bond acceptors (Lipinski definition) is 8. The van der Waals surface area contributed by atoms with Crippen molar-refractivity contribution in [2.45, 2.75) is 48.1 Å². The number of nitrogen functional groups attached to an aromatic ring is 1. The molecule has 1 aliphatic rings. The van der Waals surface area contributed by atoms with Crippen molar-refractivity contribution in [2.75, 3.05) is 36.8 Å². The quantitative estimate of drug-likeness (QED) is 0.191. The molecule has 1 saturated heterocycles. The van der Waals surface area contributed by atoms with Crippen LogP contribution in [0.25, 0.3) is 39.5 Å². The number of nitriles is 1. The summed E-state index contributed by atoms with van der Waals surface area (Å²) in [7, 11) is 0. The van der Waals surface area contributed by atoms with E-state index in [2.05, 4.69) is 66.8 Å². The molecule has 4 aromatic heterocycles. The van der Waals surface area contributed by atoms with Gasteiger partial charge in [-0.05, 0) is 54.1 Å². The van der Waals surface area contributed by atoms with Crippen molar-refractivity contribution in [3.8, 4) is 34.4 Å². The van der Waals surface area contributed by atoms with Gasteiger partial charge in [-0.25, -0.2) is 19.9 Å². The molecule has 2 N–H and O–H groups in total. The van der Waals surface area contributed by atoms with Crippen molar-refractivity contribution in [1.29, 1.82) is 5.26 Å². The first kappa shape index (κ1) is 36.2. The molecule has 252 valence electrons. The lowest BCUT2D eigenvalue weighted by Crippen LogP contribution is -2.46. The molecule has 2 aromatic carbocycles. The summed E-state index contributed by atoms with van der Waals surface area (Å²) >= 11 is 0. The van der Waals surface area contributed by atoms with Crippen LogP contribution in [0.2, 0.25) is 0 Å². The summed E-state index contributed by atoms with van der Waals surface area (Å²) in [4.78, 5) is 23.5. The highest BCUT2D eigenvalue weighted by Crippen LogP contribution is 2.32. The number of imidazole rings is 1. The Kier molecular flexibility index (Phi) is 13.4. The van der Waals surface area contributed by atoms with Gasteiger partial charge in [0.1, 0.15) is 28.9 Å². The van der Waals surface area contributed by atoms with Gasteiger partial charge in [0, 0.05) is 50.2 Å². The van der Waals surface area contributed by atoms with Crippen molar-refractivity contribution in [3.05, 3.63) is 115 Å². The van der Waals surface area contributed by atoms with E-state index in [4.69, 9.17) is 15.7 Å². The van der Waals surface area contributed by atoms with Crippen molar-refractivity contribution in [2.24, 2.45) is 0 Å². The largest absolute Gasteiger partial charge is 0.383 e. The lowest BCUT2D eigenvalue weighted by molar-refractivity contribution is 0.249. The third kappa shape index (κ3) is 8.47. The van der Waals surface area contributed by atoms with Gasteiger partial charge >= 0.3 is 0 Å². The number of rotatable bonds is 6. The highest BCUT2D eigenvalue weighted by atomic mass is 15.3. The zero-order valence-corrected chi connectivity index (χ0v) is 29.5. The molecule has 9 nitrogen and oxygen atoms in total. The van der Waals surface area contributed by atoms with Crippen LogP contribution in [0.5, 0.6) is 0 Å². The summed E-state index contributed by atoms with van der Waals surface area (Å²) < 4.78 is 2.07. The molecule has 0 spiro atoms. The highest BCUT2D eigenvalue weighted by molar-refractivity contribution is 5.84. The molecule has 7 rings (SSSR count). The molecular weight excluding hydrogens is 607 g/mol. The van der Waals surface area contributed by atoms with Crippen molar-refractivity contribution < 1.29 is 0 Å². The number of pyridine rings is 3. The van der Waals surface area contributed by atoms with E-state index in [0.29, 0.717) is 17.3 Å².